The van der Waals surface area contributed by atoms with Gasteiger partial charge in [-0.15, -0.1) is 0 Å². The van der Waals surface area contributed by atoms with Crippen LogP contribution in [0, 0.1) is 0 Å². The van der Waals surface area contributed by atoms with E-state index < -0.39 is 0 Å². The standard InChI is InChI=1S/C14H17NO3/c1-15-9-14-11(6-7-18-14)12-8-10(16-2)4-5-13(12)17-3/h4-8,15H,9H2,1-3H3. The zero-order valence-corrected chi connectivity index (χ0v) is 10.8. The lowest BCUT2D eigenvalue weighted by molar-refractivity contribution is 0.404. The molecule has 0 unspecified atom stereocenters. The van der Waals surface area contributed by atoms with Crippen molar-refractivity contribution in [1.82, 2.24) is 5.32 Å². The number of furan rings is 1. The van der Waals surface area contributed by atoms with Crippen LogP contribution in [0.5, 0.6) is 11.5 Å². The highest BCUT2D eigenvalue weighted by Crippen LogP contribution is 2.35. The molecule has 0 saturated carbocycles. The highest BCUT2D eigenvalue weighted by molar-refractivity contribution is 5.73. The third kappa shape index (κ3) is 2.33. The van der Waals surface area contributed by atoms with Crippen molar-refractivity contribution in [3.63, 3.8) is 0 Å². The molecule has 1 heterocycles. The largest absolute Gasteiger partial charge is 0.497 e. The fraction of sp³-hybridized carbons (Fsp3) is 0.286. The van der Waals surface area contributed by atoms with Crippen molar-refractivity contribution in [2.45, 2.75) is 6.54 Å². The second kappa shape index (κ2) is 5.60. The number of rotatable bonds is 5. The average molecular weight is 247 g/mol. The zero-order valence-electron chi connectivity index (χ0n) is 10.8. The third-order valence-electron chi connectivity index (χ3n) is 2.78. The summed E-state index contributed by atoms with van der Waals surface area (Å²) in [5, 5.41) is 3.08. The first-order valence-corrected chi connectivity index (χ1v) is 5.73. The van der Waals surface area contributed by atoms with E-state index in [2.05, 4.69) is 5.32 Å². The lowest BCUT2D eigenvalue weighted by Crippen LogP contribution is -2.05. The molecule has 0 radical (unpaired) electrons. The molecule has 4 heteroatoms. The summed E-state index contributed by atoms with van der Waals surface area (Å²) in [6, 6.07) is 7.65. The van der Waals surface area contributed by atoms with Crippen LogP contribution in [-0.2, 0) is 6.54 Å². The van der Waals surface area contributed by atoms with E-state index in [1.54, 1.807) is 20.5 Å². The van der Waals surface area contributed by atoms with E-state index in [0.29, 0.717) is 6.54 Å². The van der Waals surface area contributed by atoms with Gasteiger partial charge in [-0.1, -0.05) is 0 Å². The van der Waals surface area contributed by atoms with Gasteiger partial charge in [0.2, 0.25) is 0 Å². The number of ether oxygens (including phenoxy) is 2. The number of hydrogen-bond donors (Lipinski definition) is 1. The van der Waals surface area contributed by atoms with Crippen molar-refractivity contribution in [3.8, 4) is 22.6 Å². The molecule has 0 bridgehead atoms. The molecule has 0 aliphatic rings. The van der Waals surface area contributed by atoms with Crippen LogP contribution in [0.25, 0.3) is 11.1 Å². The molecule has 18 heavy (non-hydrogen) atoms. The molecule has 0 aliphatic heterocycles. The molecule has 2 rings (SSSR count). The Morgan fingerprint density at radius 1 is 1.11 bits per heavy atom. The Labute approximate surface area is 107 Å². The molecule has 0 spiro atoms. The molecule has 0 fully saturated rings. The molecule has 1 aromatic carbocycles. The van der Waals surface area contributed by atoms with E-state index in [1.807, 2.05) is 31.3 Å². The van der Waals surface area contributed by atoms with Crippen molar-refractivity contribution in [2.75, 3.05) is 21.3 Å². The Morgan fingerprint density at radius 2 is 1.94 bits per heavy atom. The van der Waals surface area contributed by atoms with E-state index in [1.165, 1.54) is 0 Å². The van der Waals surface area contributed by atoms with Crippen molar-refractivity contribution >= 4 is 0 Å². The van der Waals surface area contributed by atoms with Gasteiger partial charge >= 0.3 is 0 Å². The van der Waals surface area contributed by atoms with Gasteiger partial charge < -0.3 is 19.2 Å². The van der Waals surface area contributed by atoms with Gasteiger partial charge in [0.1, 0.15) is 17.3 Å². The Morgan fingerprint density at radius 3 is 2.61 bits per heavy atom. The maximum atomic E-state index is 5.47. The Bertz CT molecular complexity index is 520. The minimum Gasteiger partial charge on any atom is -0.497 e. The van der Waals surface area contributed by atoms with Crippen molar-refractivity contribution in [1.29, 1.82) is 0 Å². The van der Waals surface area contributed by atoms with Gasteiger partial charge in [-0.3, -0.25) is 0 Å². The van der Waals surface area contributed by atoms with Gasteiger partial charge in [0, 0.05) is 11.1 Å². The van der Waals surface area contributed by atoms with Crippen molar-refractivity contribution < 1.29 is 13.9 Å². The summed E-state index contributed by atoms with van der Waals surface area (Å²) in [6.45, 7) is 0.669. The smallest absolute Gasteiger partial charge is 0.127 e. The number of hydrogen-bond acceptors (Lipinski definition) is 4. The summed E-state index contributed by atoms with van der Waals surface area (Å²) in [6.07, 6.45) is 1.68. The first-order valence-electron chi connectivity index (χ1n) is 5.73. The van der Waals surface area contributed by atoms with Crippen LogP contribution >= 0.6 is 0 Å². The predicted molar refractivity (Wildman–Crippen MR) is 70.0 cm³/mol. The molecule has 0 saturated heterocycles. The minimum atomic E-state index is 0.669. The van der Waals surface area contributed by atoms with Crippen molar-refractivity contribution in [3.05, 3.63) is 36.3 Å². The molecular formula is C14H17NO3. The van der Waals surface area contributed by atoms with Gasteiger partial charge in [0.25, 0.3) is 0 Å². The first kappa shape index (κ1) is 12.5. The van der Waals surface area contributed by atoms with Crippen molar-refractivity contribution in [2.24, 2.45) is 0 Å². The summed E-state index contributed by atoms with van der Waals surface area (Å²) in [5.74, 6) is 2.47. The second-order valence-electron chi connectivity index (χ2n) is 3.85. The zero-order chi connectivity index (χ0) is 13.0. The topological polar surface area (TPSA) is 43.6 Å². The fourth-order valence-electron chi connectivity index (χ4n) is 1.90. The summed E-state index contributed by atoms with van der Waals surface area (Å²) in [7, 11) is 5.19. The van der Waals surface area contributed by atoms with Gasteiger partial charge in [0.05, 0.1) is 27.0 Å². The van der Waals surface area contributed by atoms with Crippen LogP contribution in [0.2, 0.25) is 0 Å². The first-order chi connectivity index (χ1) is 8.80. The monoisotopic (exact) mass is 247 g/mol. The minimum absolute atomic E-state index is 0.669. The van der Waals surface area contributed by atoms with Gasteiger partial charge in [-0.05, 0) is 31.3 Å². The summed E-state index contributed by atoms with van der Waals surface area (Å²) >= 11 is 0. The van der Waals surface area contributed by atoms with E-state index in [-0.39, 0.29) is 0 Å². The van der Waals surface area contributed by atoms with Crippen LogP contribution in [-0.4, -0.2) is 21.3 Å². The highest BCUT2D eigenvalue weighted by atomic mass is 16.5. The van der Waals surface area contributed by atoms with Gasteiger partial charge in [-0.25, -0.2) is 0 Å². The molecule has 96 valence electrons. The Balaban J connectivity index is 2.50. The summed E-state index contributed by atoms with van der Waals surface area (Å²) in [4.78, 5) is 0. The average Bonchev–Trinajstić information content (AvgIpc) is 2.86. The van der Waals surface area contributed by atoms with E-state index in [0.717, 1.165) is 28.4 Å². The lowest BCUT2D eigenvalue weighted by Gasteiger charge is -2.10. The Hall–Kier alpha value is -1.94. The number of methoxy groups -OCH3 is 2. The summed E-state index contributed by atoms with van der Waals surface area (Å²) in [5.41, 5.74) is 1.98. The van der Waals surface area contributed by atoms with Gasteiger partial charge in [-0.2, -0.15) is 0 Å². The molecule has 1 N–H and O–H groups in total. The van der Waals surface area contributed by atoms with Crippen LogP contribution in [0.3, 0.4) is 0 Å². The highest BCUT2D eigenvalue weighted by Gasteiger charge is 2.13. The molecule has 0 amide bonds. The van der Waals surface area contributed by atoms with Crippen LogP contribution in [0.15, 0.2) is 34.9 Å². The van der Waals surface area contributed by atoms with Gasteiger partial charge in [0.15, 0.2) is 0 Å². The number of benzene rings is 1. The van der Waals surface area contributed by atoms with E-state index in [9.17, 15) is 0 Å². The fourth-order valence-corrected chi connectivity index (χ4v) is 1.90. The quantitative estimate of drug-likeness (QED) is 0.882. The van der Waals surface area contributed by atoms with Crippen LogP contribution in [0.1, 0.15) is 5.76 Å². The molecule has 0 aliphatic carbocycles. The normalized spacial score (nSPS) is 10.4. The van der Waals surface area contributed by atoms with E-state index in [4.69, 9.17) is 13.9 Å². The molecule has 1 aromatic heterocycles. The van der Waals surface area contributed by atoms with Crippen LogP contribution in [0.4, 0.5) is 0 Å². The lowest BCUT2D eigenvalue weighted by atomic mass is 10.0. The second-order valence-corrected chi connectivity index (χ2v) is 3.85. The maximum absolute atomic E-state index is 5.47. The number of nitrogens with one attached hydrogen (secondary N) is 1. The molecule has 0 atom stereocenters. The Kier molecular flexibility index (Phi) is 3.89. The maximum Gasteiger partial charge on any atom is 0.127 e. The molecule has 4 nitrogen and oxygen atoms in total. The SMILES string of the molecule is CNCc1occc1-c1cc(OC)ccc1OC. The van der Waals surface area contributed by atoms with Crippen LogP contribution < -0.4 is 14.8 Å². The molecule has 2 aromatic rings. The summed E-state index contributed by atoms with van der Waals surface area (Å²) < 4.78 is 16.1. The van der Waals surface area contributed by atoms with E-state index >= 15 is 0 Å². The predicted octanol–water partition coefficient (Wildman–Crippen LogP) is 2.68. The molecular weight excluding hydrogens is 230 g/mol. The third-order valence-corrected chi connectivity index (χ3v) is 2.78.